The Morgan fingerprint density at radius 1 is 1.31 bits per heavy atom. The summed E-state index contributed by atoms with van der Waals surface area (Å²) < 4.78 is 10.2. The number of halogens is 1. The first kappa shape index (κ1) is 16.7. The third-order valence-electron chi connectivity index (χ3n) is 4.24. The van der Waals surface area contributed by atoms with Crippen molar-refractivity contribution < 1.29 is 14.1 Å². The number of aromatic nitrogens is 4. The van der Waals surface area contributed by atoms with Crippen molar-refractivity contribution in [2.75, 3.05) is 13.7 Å². The number of aromatic amines is 1. The van der Waals surface area contributed by atoms with Crippen LogP contribution >= 0.6 is 11.6 Å². The Labute approximate surface area is 153 Å². The fraction of sp³-hybridized carbons (Fsp3) is 0.294. The molecule has 2 N–H and O–H groups in total. The molecule has 0 bridgehead atoms. The van der Waals surface area contributed by atoms with Crippen LogP contribution in [0, 0.1) is 0 Å². The number of ether oxygens (including phenoxy) is 1. The minimum absolute atomic E-state index is 0.109. The van der Waals surface area contributed by atoms with Gasteiger partial charge in [-0.25, -0.2) is 4.98 Å². The van der Waals surface area contributed by atoms with Crippen LogP contribution < -0.4 is 5.32 Å². The number of rotatable bonds is 4. The molecule has 26 heavy (non-hydrogen) atoms. The van der Waals surface area contributed by atoms with Gasteiger partial charge in [0.2, 0.25) is 0 Å². The molecule has 1 amide bonds. The van der Waals surface area contributed by atoms with Gasteiger partial charge < -0.3 is 19.6 Å². The summed E-state index contributed by atoms with van der Waals surface area (Å²) in [4.78, 5) is 24.1. The van der Waals surface area contributed by atoms with Crippen molar-refractivity contribution in [1.82, 2.24) is 25.4 Å². The molecule has 8 nitrogen and oxygen atoms in total. The van der Waals surface area contributed by atoms with Crippen LogP contribution in [0.3, 0.4) is 0 Å². The lowest BCUT2D eigenvalue weighted by Gasteiger charge is -2.14. The summed E-state index contributed by atoms with van der Waals surface area (Å²) in [5, 5.41) is 7.41. The van der Waals surface area contributed by atoms with E-state index in [9.17, 15) is 4.79 Å². The SMILES string of the molecule is COCc1noc(-c2nc3c([nH]2)C[C@H](c2ccc(Cl)cc2)CNC3=O)n1. The number of hydrogen-bond donors (Lipinski definition) is 2. The molecule has 2 aromatic heterocycles. The van der Waals surface area contributed by atoms with Crippen LogP contribution in [0.2, 0.25) is 5.02 Å². The van der Waals surface area contributed by atoms with Crippen molar-refractivity contribution in [1.29, 1.82) is 0 Å². The monoisotopic (exact) mass is 373 g/mol. The van der Waals surface area contributed by atoms with E-state index in [0.717, 1.165) is 11.3 Å². The van der Waals surface area contributed by atoms with Crippen molar-refractivity contribution in [3.63, 3.8) is 0 Å². The molecule has 3 aromatic rings. The number of benzene rings is 1. The van der Waals surface area contributed by atoms with Gasteiger partial charge in [0.1, 0.15) is 12.3 Å². The number of hydrogen-bond acceptors (Lipinski definition) is 6. The first-order chi connectivity index (χ1) is 12.6. The Morgan fingerprint density at radius 2 is 2.12 bits per heavy atom. The topological polar surface area (TPSA) is 106 Å². The lowest BCUT2D eigenvalue weighted by molar-refractivity contribution is 0.0950. The highest BCUT2D eigenvalue weighted by molar-refractivity contribution is 6.30. The minimum Gasteiger partial charge on any atom is -0.377 e. The molecule has 1 aromatic carbocycles. The lowest BCUT2D eigenvalue weighted by Crippen LogP contribution is -2.26. The molecule has 0 fully saturated rings. The van der Waals surface area contributed by atoms with E-state index in [1.807, 2.05) is 24.3 Å². The van der Waals surface area contributed by atoms with Gasteiger partial charge in [-0.15, -0.1) is 0 Å². The maximum atomic E-state index is 12.4. The van der Waals surface area contributed by atoms with Crippen molar-refractivity contribution in [2.24, 2.45) is 0 Å². The molecule has 0 saturated heterocycles. The third-order valence-corrected chi connectivity index (χ3v) is 4.49. The van der Waals surface area contributed by atoms with E-state index in [1.54, 1.807) is 7.11 Å². The number of methoxy groups -OCH3 is 1. The molecule has 0 saturated carbocycles. The zero-order valence-corrected chi connectivity index (χ0v) is 14.7. The molecule has 4 rings (SSSR count). The highest BCUT2D eigenvalue weighted by Gasteiger charge is 2.27. The third kappa shape index (κ3) is 3.21. The number of carbonyl (C=O) groups is 1. The summed E-state index contributed by atoms with van der Waals surface area (Å²) in [6.07, 6.45) is 0.627. The van der Waals surface area contributed by atoms with Crippen LogP contribution in [-0.4, -0.2) is 39.7 Å². The number of fused-ring (bicyclic) bond motifs is 1. The van der Waals surface area contributed by atoms with Crippen molar-refractivity contribution >= 4 is 17.5 Å². The predicted octanol–water partition coefficient (Wildman–Crippen LogP) is 2.33. The molecule has 1 aliphatic rings. The Balaban J connectivity index is 1.64. The van der Waals surface area contributed by atoms with Gasteiger partial charge in [0.15, 0.2) is 11.6 Å². The maximum absolute atomic E-state index is 12.4. The molecule has 134 valence electrons. The summed E-state index contributed by atoms with van der Waals surface area (Å²) in [6.45, 7) is 0.765. The molecule has 0 aliphatic carbocycles. The van der Waals surface area contributed by atoms with Gasteiger partial charge in [0.25, 0.3) is 11.8 Å². The number of nitrogens with zero attached hydrogens (tertiary/aromatic N) is 3. The number of H-pyrrole nitrogens is 1. The molecule has 1 atom stereocenters. The van der Waals surface area contributed by atoms with E-state index in [0.29, 0.717) is 35.3 Å². The van der Waals surface area contributed by atoms with E-state index >= 15 is 0 Å². The summed E-state index contributed by atoms with van der Waals surface area (Å²) >= 11 is 5.96. The second-order valence-corrected chi connectivity index (χ2v) is 6.46. The van der Waals surface area contributed by atoms with Gasteiger partial charge in [0, 0.05) is 30.3 Å². The first-order valence-electron chi connectivity index (χ1n) is 8.08. The maximum Gasteiger partial charge on any atom is 0.293 e. The fourth-order valence-corrected chi connectivity index (χ4v) is 3.10. The standard InChI is InChI=1S/C17H16ClN5O3/c1-25-8-13-21-17(26-23-13)15-20-12-6-10(7-19-16(24)14(12)22-15)9-2-4-11(18)5-3-9/h2-5,10H,6-8H2,1H3,(H,19,24)(H,20,22)/t10-/m0/s1. The predicted molar refractivity (Wildman–Crippen MR) is 92.8 cm³/mol. The number of imidazole rings is 1. The smallest absolute Gasteiger partial charge is 0.293 e. The lowest BCUT2D eigenvalue weighted by atomic mass is 9.94. The number of nitrogens with one attached hydrogen (secondary N) is 2. The molecule has 0 unspecified atom stereocenters. The average Bonchev–Trinajstić information content (AvgIpc) is 3.23. The van der Waals surface area contributed by atoms with Crippen molar-refractivity contribution in [2.45, 2.75) is 18.9 Å². The van der Waals surface area contributed by atoms with Crippen LogP contribution in [-0.2, 0) is 17.8 Å². The number of amides is 1. The van der Waals surface area contributed by atoms with Crippen molar-refractivity contribution in [3.05, 3.63) is 52.1 Å². The molecule has 3 heterocycles. The Kier molecular flexibility index (Phi) is 4.44. The molecule has 0 radical (unpaired) electrons. The van der Waals surface area contributed by atoms with Gasteiger partial charge in [-0.1, -0.05) is 28.9 Å². The zero-order chi connectivity index (χ0) is 18.1. The summed E-state index contributed by atoms with van der Waals surface area (Å²) in [5.41, 5.74) is 2.18. The molecular formula is C17H16ClN5O3. The van der Waals surface area contributed by atoms with E-state index < -0.39 is 0 Å². The average molecular weight is 374 g/mol. The summed E-state index contributed by atoms with van der Waals surface area (Å²) in [6, 6.07) is 7.63. The quantitative estimate of drug-likeness (QED) is 0.727. The molecule has 9 heteroatoms. The Bertz CT molecular complexity index is 934. The second-order valence-electron chi connectivity index (χ2n) is 6.02. The Hall–Kier alpha value is -2.71. The zero-order valence-electron chi connectivity index (χ0n) is 14.0. The Morgan fingerprint density at radius 3 is 2.88 bits per heavy atom. The minimum atomic E-state index is -0.226. The molecule has 1 aliphatic heterocycles. The van der Waals surface area contributed by atoms with Crippen LogP contribution in [0.15, 0.2) is 28.8 Å². The highest BCUT2D eigenvalue weighted by Crippen LogP contribution is 2.27. The van der Waals surface area contributed by atoms with E-state index in [-0.39, 0.29) is 24.3 Å². The van der Waals surface area contributed by atoms with Crippen LogP contribution in [0.1, 0.15) is 33.5 Å². The fourth-order valence-electron chi connectivity index (χ4n) is 2.97. The first-order valence-corrected chi connectivity index (χ1v) is 8.46. The molecular weight excluding hydrogens is 358 g/mol. The largest absolute Gasteiger partial charge is 0.377 e. The van der Waals surface area contributed by atoms with Gasteiger partial charge >= 0.3 is 0 Å². The highest BCUT2D eigenvalue weighted by atomic mass is 35.5. The van der Waals surface area contributed by atoms with Gasteiger partial charge in [-0.3, -0.25) is 4.79 Å². The van der Waals surface area contributed by atoms with Crippen LogP contribution in [0.4, 0.5) is 0 Å². The molecule has 0 spiro atoms. The van der Waals surface area contributed by atoms with Gasteiger partial charge in [-0.05, 0) is 24.1 Å². The summed E-state index contributed by atoms with van der Waals surface area (Å²) in [7, 11) is 1.55. The van der Waals surface area contributed by atoms with Gasteiger partial charge in [-0.2, -0.15) is 4.98 Å². The van der Waals surface area contributed by atoms with Crippen molar-refractivity contribution in [3.8, 4) is 11.7 Å². The second kappa shape index (κ2) is 6.89. The van der Waals surface area contributed by atoms with Crippen LogP contribution in [0.5, 0.6) is 0 Å². The van der Waals surface area contributed by atoms with E-state index in [4.69, 9.17) is 20.9 Å². The van der Waals surface area contributed by atoms with E-state index in [1.165, 1.54) is 0 Å². The van der Waals surface area contributed by atoms with Gasteiger partial charge in [0.05, 0.1) is 0 Å². The van der Waals surface area contributed by atoms with Crippen LogP contribution in [0.25, 0.3) is 11.7 Å². The normalized spacial score (nSPS) is 16.8. The number of carbonyl (C=O) groups excluding carboxylic acids is 1. The van der Waals surface area contributed by atoms with E-state index in [2.05, 4.69) is 25.4 Å². The summed E-state index contributed by atoms with van der Waals surface area (Å²) in [5.74, 6) is 0.892.